The van der Waals surface area contributed by atoms with Crippen LogP contribution in [0.1, 0.15) is 32.3 Å². The minimum atomic E-state index is 0.656. The van der Waals surface area contributed by atoms with E-state index in [9.17, 15) is 0 Å². The van der Waals surface area contributed by atoms with Gasteiger partial charge in [-0.15, -0.1) is 0 Å². The smallest absolute Gasteiger partial charge is 0.0271 e. The zero-order chi connectivity index (χ0) is 13.2. The lowest BCUT2D eigenvalue weighted by molar-refractivity contribution is 0.0852. The van der Waals surface area contributed by atoms with E-state index >= 15 is 0 Å². The number of aromatic nitrogens is 1. The van der Waals surface area contributed by atoms with E-state index in [0.29, 0.717) is 12.0 Å². The van der Waals surface area contributed by atoms with Gasteiger partial charge in [0.15, 0.2) is 0 Å². The van der Waals surface area contributed by atoms with Crippen LogP contribution in [0.15, 0.2) is 24.5 Å². The monoisotopic (exact) mass is 259 g/mol. The molecule has 1 saturated carbocycles. The van der Waals surface area contributed by atoms with Crippen LogP contribution in [-0.4, -0.2) is 35.1 Å². The highest BCUT2D eigenvalue weighted by Gasteiger charge is 2.37. The second-order valence-electron chi connectivity index (χ2n) is 6.45. The van der Waals surface area contributed by atoms with E-state index in [1.54, 1.807) is 0 Å². The molecule has 1 aliphatic carbocycles. The number of hydrogen-bond donors (Lipinski definition) is 1. The number of hydrogen-bond acceptors (Lipinski definition) is 3. The van der Waals surface area contributed by atoms with Crippen LogP contribution < -0.4 is 5.32 Å². The van der Waals surface area contributed by atoms with Crippen molar-refractivity contribution in [1.29, 1.82) is 0 Å². The molecule has 3 nitrogen and oxygen atoms in total. The lowest BCUT2D eigenvalue weighted by Crippen LogP contribution is -2.58. The fraction of sp³-hybridized carbons (Fsp3) is 0.688. The molecule has 1 aliphatic heterocycles. The van der Waals surface area contributed by atoms with Crippen molar-refractivity contribution in [3.63, 3.8) is 0 Å². The summed E-state index contributed by atoms with van der Waals surface area (Å²) in [6, 6.07) is 5.66. The molecule has 104 valence electrons. The van der Waals surface area contributed by atoms with Crippen LogP contribution in [0.5, 0.6) is 0 Å². The Balaban J connectivity index is 1.69. The van der Waals surface area contributed by atoms with Crippen molar-refractivity contribution in [3.05, 3.63) is 30.1 Å². The van der Waals surface area contributed by atoms with Crippen molar-refractivity contribution in [3.8, 4) is 0 Å². The minimum absolute atomic E-state index is 0.656. The number of piperazine rings is 1. The fourth-order valence-corrected chi connectivity index (χ4v) is 3.23. The maximum absolute atomic E-state index is 4.11. The topological polar surface area (TPSA) is 28.2 Å². The van der Waals surface area contributed by atoms with E-state index in [-0.39, 0.29) is 0 Å². The largest absolute Gasteiger partial charge is 0.311 e. The summed E-state index contributed by atoms with van der Waals surface area (Å²) < 4.78 is 0. The van der Waals surface area contributed by atoms with E-state index in [4.69, 9.17) is 0 Å². The normalized spacial score (nSPS) is 28.8. The molecule has 0 amide bonds. The molecular weight excluding hydrogens is 234 g/mol. The molecule has 0 radical (unpaired) electrons. The Morgan fingerprint density at radius 2 is 2.05 bits per heavy atom. The Morgan fingerprint density at radius 1 is 1.32 bits per heavy atom. The predicted molar refractivity (Wildman–Crippen MR) is 77.8 cm³/mol. The molecule has 2 aliphatic rings. The SMILES string of the molecule is CC(C)C1CNC(C2CC2)CN1Cc1ccncc1. The number of nitrogens with one attached hydrogen (secondary N) is 1. The van der Waals surface area contributed by atoms with Gasteiger partial charge in [0.2, 0.25) is 0 Å². The summed E-state index contributed by atoms with van der Waals surface area (Å²) in [5.74, 6) is 1.64. The highest BCUT2D eigenvalue weighted by molar-refractivity contribution is 5.10. The summed E-state index contributed by atoms with van der Waals surface area (Å²) in [6.07, 6.45) is 6.65. The van der Waals surface area contributed by atoms with Gasteiger partial charge in [-0.05, 0) is 42.4 Å². The van der Waals surface area contributed by atoms with Gasteiger partial charge < -0.3 is 5.32 Å². The summed E-state index contributed by atoms with van der Waals surface area (Å²) in [6.45, 7) is 8.09. The Bertz CT molecular complexity index is 400. The van der Waals surface area contributed by atoms with Crippen molar-refractivity contribution in [2.24, 2.45) is 11.8 Å². The van der Waals surface area contributed by atoms with Crippen LogP contribution >= 0.6 is 0 Å². The first-order valence-corrected chi connectivity index (χ1v) is 7.60. The molecule has 0 aromatic carbocycles. The molecule has 1 aromatic rings. The number of rotatable bonds is 4. The van der Waals surface area contributed by atoms with Crippen LogP contribution in [0, 0.1) is 11.8 Å². The second-order valence-corrected chi connectivity index (χ2v) is 6.45. The van der Waals surface area contributed by atoms with E-state index in [0.717, 1.165) is 25.0 Å². The van der Waals surface area contributed by atoms with Gasteiger partial charge in [-0.2, -0.15) is 0 Å². The minimum Gasteiger partial charge on any atom is -0.311 e. The molecule has 0 bridgehead atoms. The van der Waals surface area contributed by atoms with Gasteiger partial charge in [-0.25, -0.2) is 0 Å². The first-order chi connectivity index (χ1) is 9.24. The maximum atomic E-state index is 4.11. The molecule has 3 heteroatoms. The van der Waals surface area contributed by atoms with Crippen molar-refractivity contribution in [2.75, 3.05) is 13.1 Å². The zero-order valence-corrected chi connectivity index (χ0v) is 12.0. The lowest BCUT2D eigenvalue weighted by atomic mass is 9.96. The molecule has 2 heterocycles. The van der Waals surface area contributed by atoms with Crippen LogP contribution in [0.3, 0.4) is 0 Å². The van der Waals surface area contributed by atoms with Gasteiger partial charge in [0.1, 0.15) is 0 Å². The van der Waals surface area contributed by atoms with Gasteiger partial charge in [-0.3, -0.25) is 9.88 Å². The average molecular weight is 259 g/mol. The van der Waals surface area contributed by atoms with Crippen LogP contribution in [-0.2, 0) is 6.54 Å². The third-order valence-electron chi connectivity index (χ3n) is 4.59. The van der Waals surface area contributed by atoms with Crippen LogP contribution in [0.25, 0.3) is 0 Å². The molecule has 19 heavy (non-hydrogen) atoms. The van der Waals surface area contributed by atoms with E-state index in [2.05, 4.69) is 41.2 Å². The predicted octanol–water partition coefficient (Wildman–Crippen LogP) is 2.29. The third-order valence-corrected chi connectivity index (χ3v) is 4.59. The van der Waals surface area contributed by atoms with E-state index in [1.807, 2.05) is 12.4 Å². The van der Waals surface area contributed by atoms with E-state index < -0.39 is 0 Å². The second kappa shape index (κ2) is 5.59. The lowest BCUT2D eigenvalue weighted by Gasteiger charge is -2.42. The van der Waals surface area contributed by atoms with Crippen molar-refractivity contribution in [1.82, 2.24) is 15.2 Å². The summed E-state index contributed by atoms with van der Waals surface area (Å²) in [5, 5.41) is 3.77. The molecule has 0 spiro atoms. The molecule has 1 aromatic heterocycles. The molecule has 2 unspecified atom stereocenters. The Morgan fingerprint density at radius 3 is 2.68 bits per heavy atom. The summed E-state index contributed by atoms with van der Waals surface area (Å²) in [7, 11) is 0. The van der Waals surface area contributed by atoms with Gasteiger partial charge in [0.25, 0.3) is 0 Å². The molecule has 1 N–H and O–H groups in total. The summed E-state index contributed by atoms with van der Waals surface area (Å²) in [4.78, 5) is 6.79. The van der Waals surface area contributed by atoms with Crippen molar-refractivity contribution in [2.45, 2.75) is 45.3 Å². The Kier molecular flexibility index (Phi) is 3.85. The molecule has 3 rings (SSSR count). The van der Waals surface area contributed by atoms with Crippen LogP contribution in [0.4, 0.5) is 0 Å². The van der Waals surface area contributed by atoms with Gasteiger partial charge >= 0.3 is 0 Å². The molecule has 2 atom stereocenters. The average Bonchev–Trinajstić information content (AvgIpc) is 3.24. The molecule has 1 saturated heterocycles. The Hall–Kier alpha value is -0.930. The van der Waals surface area contributed by atoms with Gasteiger partial charge in [-0.1, -0.05) is 13.8 Å². The third kappa shape index (κ3) is 3.15. The first kappa shape index (κ1) is 13.1. The van der Waals surface area contributed by atoms with Crippen molar-refractivity contribution < 1.29 is 0 Å². The van der Waals surface area contributed by atoms with Crippen LogP contribution in [0.2, 0.25) is 0 Å². The Labute approximate surface area is 116 Å². The molecule has 2 fully saturated rings. The highest BCUT2D eigenvalue weighted by atomic mass is 15.2. The quantitative estimate of drug-likeness (QED) is 0.899. The van der Waals surface area contributed by atoms with Gasteiger partial charge in [0.05, 0.1) is 0 Å². The van der Waals surface area contributed by atoms with E-state index in [1.165, 1.54) is 24.9 Å². The van der Waals surface area contributed by atoms with Gasteiger partial charge in [0, 0.05) is 44.1 Å². The number of nitrogens with zero attached hydrogens (tertiary/aromatic N) is 2. The highest BCUT2D eigenvalue weighted by Crippen LogP contribution is 2.35. The first-order valence-electron chi connectivity index (χ1n) is 7.60. The number of pyridine rings is 1. The fourth-order valence-electron chi connectivity index (χ4n) is 3.23. The standard InChI is InChI=1S/C16H25N3/c1-12(2)16-9-18-15(14-3-4-14)11-19(16)10-13-5-7-17-8-6-13/h5-8,12,14-16,18H,3-4,9-11H2,1-2H3. The molecular formula is C16H25N3. The van der Waals surface area contributed by atoms with Crippen molar-refractivity contribution >= 4 is 0 Å². The maximum Gasteiger partial charge on any atom is 0.0271 e. The summed E-state index contributed by atoms with van der Waals surface area (Å²) in [5.41, 5.74) is 1.39. The summed E-state index contributed by atoms with van der Waals surface area (Å²) >= 11 is 0. The zero-order valence-electron chi connectivity index (χ0n) is 12.0.